The Balaban J connectivity index is 1.74. The van der Waals surface area contributed by atoms with Crippen molar-refractivity contribution in [1.29, 1.82) is 0 Å². The summed E-state index contributed by atoms with van der Waals surface area (Å²) in [6, 6.07) is 8.35. The summed E-state index contributed by atoms with van der Waals surface area (Å²) in [5.41, 5.74) is 5.95. The topological polar surface area (TPSA) is 102 Å². The van der Waals surface area contributed by atoms with Crippen molar-refractivity contribution in [2.45, 2.75) is 17.7 Å². The van der Waals surface area contributed by atoms with Crippen LogP contribution in [-0.4, -0.2) is 44.9 Å². The van der Waals surface area contributed by atoms with Gasteiger partial charge in [0.25, 0.3) is 5.91 Å². The van der Waals surface area contributed by atoms with E-state index in [1.807, 2.05) is 0 Å². The van der Waals surface area contributed by atoms with E-state index in [1.54, 1.807) is 29.6 Å². The molecule has 1 amide bonds. The Hall–Kier alpha value is -1.94. The monoisotopic (exact) mass is 395 g/mol. The van der Waals surface area contributed by atoms with E-state index in [4.69, 9.17) is 10.5 Å². The molecule has 0 unspecified atom stereocenters. The van der Waals surface area contributed by atoms with Crippen molar-refractivity contribution >= 4 is 33.0 Å². The number of thiophene rings is 1. The molecule has 0 radical (unpaired) electrons. The van der Waals surface area contributed by atoms with Crippen LogP contribution >= 0.6 is 11.3 Å². The third kappa shape index (κ3) is 4.07. The maximum absolute atomic E-state index is 12.7. The van der Waals surface area contributed by atoms with Gasteiger partial charge in [0.05, 0.1) is 0 Å². The molecule has 26 heavy (non-hydrogen) atoms. The first-order chi connectivity index (χ1) is 12.5. The number of amides is 1. The number of nitrogens with zero attached hydrogens (tertiary/aromatic N) is 1. The van der Waals surface area contributed by atoms with Gasteiger partial charge in [0.15, 0.2) is 0 Å². The van der Waals surface area contributed by atoms with Crippen molar-refractivity contribution in [3.05, 3.63) is 40.6 Å². The van der Waals surface area contributed by atoms with Gasteiger partial charge in [-0.25, -0.2) is 8.42 Å². The van der Waals surface area contributed by atoms with E-state index in [2.05, 4.69) is 5.32 Å². The van der Waals surface area contributed by atoms with E-state index in [0.717, 1.165) is 24.2 Å². The fourth-order valence-corrected chi connectivity index (χ4v) is 5.55. The molecule has 0 spiro atoms. The predicted molar refractivity (Wildman–Crippen MR) is 101 cm³/mol. The number of carbonyl (C=O) groups excluding carboxylic acids is 1. The molecule has 1 saturated heterocycles. The Bertz CT molecular complexity index is 856. The SMILES string of the molecule is NCCOc1ccc(NC(=O)c2sccc2S(=O)(=O)N2CCCC2)cc1. The Labute approximate surface area is 156 Å². The Morgan fingerprint density at radius 3 is 2.54 bits per heavy atom. The number of hydrogen-bond acceptors (Lipinski definition) is 6. The molecular formula is C17H21N3O4S2. The van der Waals surface area contributed by atoms with E-state index in [0.29, 0.717) is 37.7 Å². The molecule has 2 heterocycles. The van der Waals surface area contributed by atoms with E-state index in [1.165, 1.54) is 10.4 Å². The highest BCUT2D eigenvalue weighted by atomic mass is 32.2. The minimum Gasteiger partial charge on any atom is -0.492 e. The van der Waals surface area contributed by atoms with Crippen molar-refractivity contribution in [3.8, 4) is 5.75 Å². The number of nitrogens with one attached hydrogen (secondary N) is 1. The van der Waals surface area contributed by atoms with E-state index >= 15 is 0 Å². The lowest BCUT2D eigenvalue weighted by Gasteiger charge is -2.15. The molecule has 3 N–H and O–H groups in total. The molecule has 0 bridgehead atoms. The third-order valence-corrected chi connectivity index (χ3v) is 7.00. The van der Waals surface area contributed by atoms with Crippen molar-refractivity contribution in [3.63, 3.8) is 0 Å². The van der Waals surface area contributed by atoms with Crippen molar-refractivity contribution in [1.82, 2.24) is 4.31 Å². The van der Waals surface area contributed by atoms with Gasteiger partial charge in [-0.05, 0) is 48.6 Å². The fourth-order valence-electron chi connectivity index (χ4n) is 2.73. The van der Waals surface area contributed by atoms with Crippen LogP contribution in [0.15, 0.2) is 40.6 Å². The summed E-state index contributed by atoms with van der Waals surface area (Å²) in [7, 11) is -3.63. The molecule has 9 heteroatoms. The maximum Gasteiger partial charge on any atom is 0.267 e. The average molecular weight is 396 g/mol. The van der Waals surface area contributed by atoms with Crippen molar-refractivity contribution in [2.24, 2.45) is 5.73 Å². The Kier molecular flexibility index (Phi) is 5.92. The first-order valence-corrected chi connectivity index (χ1v) is 10.7. The molecule has 1 aliphatic heterocycles. The minimum atomic E-state index is -3.63. The summed E-state index contributed by atoms with van der Waals surface area (Å²) in [6.45, 7) is 1.84. The summed E-state index contributed by atoms with van der Waals surface area (Å²) in [4.78, 5) is 12.9. The fraction of sp³-hybridized carbons (Fsp3) is 0.353. The third-order valence-electron chi connectivity index (χ3n) is 4.02. The second-order valence-corrected chi connectivity index (χ2v) is 8.66. The van der Waals surface area contributed by atoms with Crippen LogP contribution < -0.4 is 15.8 Å². The zero-order valence-corrected chi connectivity index (χ0v) is 15.8. The number of rotatable bonds is 7. The average Bonchev–Trinajstić information content (AvgIpc) is 3.33. The Morgan fingerprint density at radius 2 is 1.88 bits per heavy atom. The van der Waals surface area contributed by atoms with Crippen LogP contribution in [0.1, 0.15) is 22.5 Å². The van der Waals surface area contributed by atoms with Crippen molar-refractivity contribution in [2.75, 3.05) is 31.6 Å². The van der Waals surface area contributed by atoms with Gasteiger partial charge in [-0.3, -0.25) is 4.79 Å². The van der Waals surface area contributed by atoms with Crippen LogP contribution in [0.5, 0.6) is 5.75 Å². The smallest absolute Gasteiger partial charge is 0.267 e. The highest BCUT2D eigenvalue weighted by Gasteiger charge is 2.31. The number of ether oxygens (including phenoxy) is 1. The number of nitrogens with two attached hydrogens (primary N) is 1. The molecule has 2 aromatic rings. The number of sulfonamides is 1. The van der Waals surface area contributed by atoms with Crippen molar-refractivity contribution < 1.29 is 17.9 Å². The van der Waals surface area contributed by atoms with Gasteiger partial charge in [0.2, 0.25) is 10.0 Å². The standard InChI is InChI=1S/C17H21N3O4S2/c18-8-11-24-14-5-3-13(4-6-14)19-17(21)16-15(7-12-25-16)26(22,23)20-9-1-2-10-20/h3-7,12H,1-2,8-11,18H2,(H,19,21). The predicted octanol–water partition coefficient (Wildman–Crippen LogP) is 2.12. The maximum atomic E-state index is 12.7. The number of anilines is 1. The van der Waals surface area contributed by atoms with Gasteiger partial charge in [-0.2, -0.15) is 4.31 Å². The largest absolute Gasteiger partial charge is 0.492 e. The van der Waals surface area contributed by atoms with Crippen LogP contribution in [0, 0.1) is 0 Å². The van der Waals surface area contributed by atoms with Gasteiger partial charge in [-0.15, -0.1) is 11.3 Å². The number of carbonyl (C=O) groups is 1. The molecule has 140 valence electrons. The van der Waals surface area contributed by atoms with Crippen LogP contribution in [0.4, 0.5) is 5.69 Å². The number of benzene rings is 1. The molecular weight excluding hydrogens is 374 g/mol. The first kappa shape index (κ1) is 18.8. The van der Waals surface area contributed by atoms with E-state index in [9.17, 15) is 13.2 Å². The molecule has 0 saturated carbocycles. The van der Waals surface area contributed by atoms with Crippen LogP contribution in [-0.2, 0) is 10.0 Å². The van der Waals surface area contributed by atoms with Crippen LogP contribution in [0.25, 0.3) is 0 Å². The van der Waals surface area contributed by atoms with Gasteiger partial charge in [0, 0.05) is 25.3 Å². The molecule has 1 aromatic heterocycles. The van der Waals surface area contributed by atoms with Gasteiger partial charge in [0.1, 0.15) is 22.1 Å². The second kappa shape index (κ2) is 8.17. The molecule has 1 aliphatic rings. The molecule has 1 aromatic carbocycles. The molecule has 1 fully saturated rings. The lowest BCUT2D eigenvalue weighted by molar-refractivity contribution is 0.102. The summed E-state index contributed by atoms with van der Waals surface area (Å²) in [5, 5.41) is 4.37. The van der Waals surface area contributed by atoms with Gasteiger partial charge >= 0.3 is 0 Å². The second-order valence-electron chi connectivity index (χ2n) is 5.84. The number of hydrogen-bond donors (Lipinski definition) is 2. The highest BCUT2D eigenvalue weighted by Crippen LogP contribution is 2.28. The van der Waals surface area contributed by atoms with Gasteiger partial charge < -0.3 is 15.8 Å². The van der Waals surface area contributed by atoms with Gasteiger partial charge in [-0.1, -0.05) is 0 Å². The normalized spacial score (nSPS) is 15.1. The quantitative estimate of drug-likeness (QED) is 0.748. The van der Waals surface area contributed by atoms with Crippen LogP contribution in [0.3, 0.4) is 0 Å². The zero-order valence-electron chi connectivity index (χ0n) is 14.2. The summed E-state index contributed by atoms with van der Waals surface area (Å²) in [5.74, 6) is 0.218. The first-order valence-electron chi connectivity index (χ1n) is 8.34. The van der Waals surface area contributed by atoms with Crippen LogP contribution in [0.2, 0.25) is 0 Å². The highest BCUT2D eigenvalue weighted by molar-refractivity contribution is 7.89. The Morgan fingerprint density at radius 1 is 1.19 bits per heavy atom. The van der Waals surface area contributed by atoms with E-state index < -0.39 is 15.9 Å². The summed E-state index contributed by atoms with van der Waals surface area (Å²) >= 11 is 1.12. The minimum absolute atomic E-state index is 0.0739. The summed E-state index contributed by atoms with van der Waals surface area (Å²) < 4.78 is 32.3. The van der Waals surface area contributed by atoms with E-state index in [-0.39, 0.29) is 9.77 Å². The summed E-state index contributed by atoms with van der Waals surface area (Å²) in [6.07, 6.45) is 1.70. The molecule has 7 nitrogen and oxygen atoms in total. The lowest BCUT2D eigenvalue weighted by Crippen LogP contribution is -2.29. The molecule has 0 aliphatic carbocycles. The lowest BCUT2D eigenvalue weighted by atomic mass is 10.3. The zero-order chi connectivity index (χ0) is 18.6. The molecule has 0 atom stereocenters. The molecule has 3 rings (SSSR count).